The first-order valence-corrected chi connectivity index (χ1v) is 18.6. The zero-order valence-corrected chi connectivity index (χ0v) is 31.9. The second kappa shape index (κ2) is 33.8. The molecule has 5 aromatic rings. The fourth-order valence-corrected chi connectivity index (χ4v) is 4.97. The molecule has 278 valence electrons. The normalized spacial score (nSPS) is 9.38. The molecule has 2 nitrogen and oxygen atoms in total. The number of aliphatic hydroxyl groups is 1. The third kappa shape index (κ3) is 25.3. The SMILES string of the molecule is C=CCc1ccccc1.C=CCc1ccccc1.C=CCc1ccccc1.C=CCc1ccccc1.C=CCc1ccccc1CCCCOCCO. The Balaban J connectivity index is 0.000000342. The van der Waals surface area contributed by atoms with Gasteiger partial charge < -0.3 is 9.84 Å². The van der Waals surface area contributed by atoms with Crippen molar-refractivity contribution in [2.24, 2.45) is 0 Å². The van der Waals surface area contributed by atoms with Crippen molar-refractivity contribution >= 4 is 0 Å². The highest BCUT2D eigenvalue weighted by Gasteiger charge is 2.00. The molecule has 0 atom stereocenters. The van der Waals surface area contributed by atoms with E-state index in [1.165, 1.54) is 33.4 Å². The summed E-state index contributed by atoms with van der Waals surface area (Å²) in [6.07, 6.45) is 17.7. The van der Waals surface area contributed by atoms with Gasteiger partial charge in [-0.15, -0.1) is 32.9 Å². The van der Waals surface area contributed by atoms with Gasteiger partial charge in [0.1, 0.15) is 0 Å². The molecule has 0 fully saturated rings. The number of ether oxygens (including phenoxy) is 1. The van der Waals surface area contributed by atoms with Crippen LogP contribution < -0.4 is 0 Å². The van der Waals surface area contributed by atoms with Crippen LogP contribution >= 0.6 is 0 Å². The average molecular weight is 707 g/mol. The standard InChI is InChI=1S/C15H22O2.4C9H10/c1-2-7-14-8-3-4-9-15(14)10-5-6-12-17-13-11-16;4*1-2-6-9-7-4-3-5-8-9/h2-4,8-9,16H,1,5-7,10-13H2;4*2-5,7-8H,1,6H2. The van der Waals surface area contributed by atoms with Gasteiger partial charge in [0.05, 0.1) is 13.2 Å². The molecule has 5 rings (SSSR count). The summed E-state index contributed by atoms with van der Waals surface area (Å²) in [6.45, 7) is 19.7. The highest BCUT2D eigenvalue weighted by Crippen LogP contribution is 2.13. The Bertz CT molecular complexity index is 1410. The van der Waals surface area contributed by atoms with Crippen LogP contribution in [0.4, 0.5) is 0 Å². The Morgan fingerprint density at radius 3 is 1.02 bits per heavy atom. The smallest absolute Gasteiger partial charge is 0.0697 e. The first-order chi connectivity index (χ1) is 26.1. The monoisotopic (exact) mass is 706 g/mol. The quantitative estimate of drug-likeness (QED) is 0.0770. The zero-order valence-electron chi connectivity index (χ0n) is 31.9. The molecule has 0 heterocycles. The van der Waals surface area contributed by atoms with Crippen molar-refractivity contribution in [3.8, 4) is 0 Å². The van der Waals surface area contributed by atoms with Crippen molar-refractivity contribution in [1.82, 2.24) is 0 Å². The number of aliphatic hydroxyl groups excluding tert-OH is 1. The van der Waals surface area contributed by atoms with E-state index in [9.17, 15) is 0 Å². The van der Waals surface area contributed by atoms with Gasteiger partial charge in [0.25, 0.3) is 0 Å². The van der Waals surface area contributed by atoms with E-state index in [4.69, 9.17) is 9.84 Å². The maximum absolute atomic E-state index is 8.56. The highest BCUT2D eigenvalue weighted by molar-refractivity contribution is 5.29. The molecule has 2 heteroatoms. The molecule has 0 amide bonds. The number of unbranched alkanes of at least 4 members (excludes halogenated alkanes) is 1. The number of aryl methyl sites for hydroxylation is 1. The molecule has 0 saturated carbocycles. The van der Waals surface area contributed by atoms with Gasteiger partial charge in [-0.2, -0.15) is 0 Å². The molecule has 0 unspecified atom stereocenters. The van der Waals surface area contributed by atoms with Crippen LogP contribution in [-0.2, 0) is 43.3 Å². The van der Waals surface area contributed by atoms with Crippen LogP contribution in [0.25, 0.3) is 0 Å². The Morgan fingerprint density at radius 2 is 0.698 bits per heavy atom. The number of hydrogen-bond acceptors (Lipinski definition) is 2. The third-order valence-electron chi connectivity index (χ3n) is 7.59. The van der Waals surface area contributed by atoms with Gasteiger partial charge in [0.15, 0.2) is 0 Å². The summed E-state index contributed by atoms with van der Waals surface area (Å²) >= 11 is 0. The maximum atomic E-state index is 8.56. The van der Waals surface area contributed by atoms with Gasteiger partial charge in [0.2, 0.25) is 0 Å². The predicted octanol–water partition coefficient (Wildman–Crippen LogP) is 12.4. The lowest BCUT2D eigenvalue weighted by atomic mass is 10.00. The van der Waals surface area contributed by atoms with E-state index >= 15 is 0 Å². The molecule has 0 aliphatic heterocycles. The molecule has 53 heavy (non-hydrogen) atoms. The summed E-state index contributed by atoms with van der Waals surface area (Å²) in [4.78, 5) is 0. The van der Waals surface area contributed by atoms with Gasteiger partial charge >= 0.3 is 0 Å². The molecule has 0 aromatic heterocycles. The summed E-state index contributed by atoms with van der Waals surface area (Å²) in [7, 11) is 0. The van der Waals surface area contributed by atoms with Gasteiger partial charge in [-0.1, -0.05) is 176 Å². The van der Waals surface area contributed by atoms with E-state index < -0.39 is 0 Å². The summed E-state index contributed by atoms with van der Waals surface area (Å²) in [5.41, 5.74) is 8.09. The zero-order chi connectivity index (χ0) is 38.5. The third-order valence-corrected chi connectivity index (χ3v) is 7.59. The molecule has 5 aromatic carbocycles. The van der Waals surface area contributed by atoms with Crippen molar-refractivity contribution in [3.63, 3.8) is 0 Å². The predicted molar refractivity (Wildman–Crippen MR) is 233 cm³/mol. The Kier molecular flexibility index (Phi) is 29.2. The Hall–Kier alpha value is -5.28. The second-order valence-corrected chi connectivity index (χ2v) is 12.0. The van der Waals surface area contributed by atoms with Gasteiger partial charge in [-0.05, 0) is 84.7 Å². The van der Waals surface area contributed by atoms with E-state index in [0.29, 0.717) is 6.61 Å². The van der Waals surface area contributed by atoms with Crippen molar-refractivity contribution < 1.29 is 9.84 Å². The van der Waals surface area contributed by atoms with E-state index in [1.807, 2.05) is 103 Å². The number of hydrogen-bond donors (Lipinski definition) is 1. The highest BCUT2D eigenvalue weighted by atomic mass is 16.5. The minimum Gasteiger partial charge on any atom is -0.394 e. The molecule has 0 radical (unpaired) electrons. The fraction of sp³-hybridized carbons (Fsp3) is 0.216. The van der Waals surface area contributed by atoms with Crippen molar-refractivity contribution in [3.05, 3.63) is 242 Å². The number of rotatable bonds is 17. The Morgan fingerprint density at radius 1 is 0.377 bits per heavy atom. The molecule has 0 spiro atoms. The summed E-state index contributed by atoms with van der Waals surface area (Å²) in [6, 6.07) is 49.7. The summed E-state index contributed by atoms with van der Waals surface area (Å²) < 4.78 is 5.23. The minimum absolute atomic E-state index is 0.113. The summed E-state index contributed by atoms with van der Waals surface area (Å²) in [5.74, 6) is 0. The number of allylic oxidation sites excluding steroid dienone is 5. The van der Waals surface area contributed by atoms with Crippen LogP contribution in [0, 0.1) is 0 Å². The van der Waals surface area contributed by atoms with E-state index in [-0.39, 0.29) is 6.61 Å². The molecular formula is C51H62O2. The van der Waals surface area contributed by atoms with E-state index in [1.54, 1.807) is 0 Å². The van der Waals surface area contributed by atoms with Gasteiger partial charge in [-0.25, -0.2) is 0 Å². The molecule has 0 bridgehead atoms. The Labute approximate surface area is 322 Å². The summed E-state index contributed by atoms with van der Waals surface area (Å²) in [5, 5.41) is 8.56. The molecule has 1 N–H and O–H groups in total. The molecule has 0 aliphatic carbocycles. The lowest BCUT2D eigenvalue weighted by Crippen LogP contribution is -2.01. The lowest BCUT2D eigenvalue weighted by molar-refractivity contribution is 0.0899. The number of benzene rings is 5. The van der Waals surface area contributed by atoms with Crippen molar-refractivity contribution in [1.29, 1.82) is 0 Å². The molecular weight excluding hydrogens is 645 g/mol. The van der Waals surface area contributed by atoms with Crippen LogP contribution in [0.2, 0.25) is 0 Å². The van der Waals surface area contributed by atoms with Crippen LogP contribution in [0.15, 0.2) is 209 Å². The fourth-order valence-electron chi connectivity index (χ4n) is 4.97. The maximum Gasteiger partial charge on any atom is 0.0697 e. The first kappa shape index (κ1) is 45.7. The van der Waals surface area contributed by atoms with Crippen molar-refractivity contribution in [2.75, 3.05) is 19.8 Å². The largest absolute Gasteiger partial charge is 0.394 e. The minimum atomic E-state index is 0.113. The average Bonchev–Trinajstić information content (AvgIpc) is 3.20. The van der Waals surface area contributed by atoms with E-state index in [2.05, 4.69) is 106 Å². The van der Waals surface area contributed by atoms with Crippen LogP contribution in [0.1, 0.15) is 46.2 Å². The topological polar surface area (TPSA) is 29.5 Å². The van der Waals surface area contributed by atoms with E-state index in [0.717, 1.165) is 58.0 Å². The van der Waals surface area contributed by atoms with Crippen LogP contribution in [-0.4, -0.2) is 24.9 Å². The van der Waals surface area contributed by atoms with Gasteiger partial charge in [-0.3, -0.25) is 0 Å². The van der Waals surface area contributed by atoms with Crippen LogP contribution in [0.3, 0.4) is 0 Å². The van der Waals surface area contributed by atoms with Crippen LogP contribution in [0.5, 0.6) is 0 Å². The molecule has 0 saturated heterocycles. The van der Waals surface area contributed by atoms with Crippen molar-refractivity contribution in [2.45, 2.75) is 51.4 Å². The first-order valence-electron chi connectivity index (χ1n) is 18.6. The second-order valence-electron chi connectivity index (χ2n) is 12.0. The lowest BCUT2D eigenvalue weighted by Gasteiger charge is -2.07. The molecule has 0 aliphatic rings. The van der Waals surface area contributed by atoms with Gasteiger partial charge in [0, 0.05) is 6.61 Å².